The van der Waals surface area contributed by atoms with Gasteiger partial charge in [-0.1, -0.05) is 133 Å². The van der Waals surface area contributed by atoms with Crippen LogP contribution >= 0.6 is 11.3 Å². The van der Waals surface area contributed by atoms with Gasteiger partial charge in [0.05, 0.1) is 11.4 Å². The minimum absolute atomic E-state index is 0.596. The van der Waals surface area contributed by atoms with Crippen molar-refractivity contribution in [2.75, 3.05) is 0 Å². The van der Waals surface area contributed by atoms with Gasteiger partial charge in [0.1, 0.15) is 12.4 Å². The fraction of sp³-hybridized carbons (Fsp3) is 0.0638. The lowest BCUT2D eigenvalue weighted by Crippen LogP contribution is -2.06. The summed E-state index contributed by atoms with van der Waals surface area (Å²) in [5.41, 5.74) is 13.4. The number of thiophene rings is 1. The summed E-state index contributed by atoms with van der Waals surface area (Å²) in [6.45, 7) is 0.596. The first-order valence-electron chi connectivity index (χ1n) is 17.5. The molecule has 0 atom stereocenters. The summed E-state index contributed by atoms with van der Waals surface area (Å²) in [7, 11) is 0. The third-order valence-corrected chi connectivity index (χ3v) is 11.3. The molecule has 242 valence electrons. The smallest absolute Gasteiger partial charge is 0.160 e. The van der Waals surface area contributed by atoms with Gasteiger partial charge in [-0.15, -0.1) is 11.3 Å². The Bertz CT molecular complexity index is 2700. The fourth-order valence-electron chi connectivity index (χ4n) is 7.51. The molecule has 6 aromatic carbocycles. The third kappa shape index (κ3) is 5.27. The van der Waals surface area contributed by atoms with Crippen LogP contribution in [0.5, 0.6) is 5.75 Å². The van der Waals surface area contributed by atoms with Crippen LogP contribution in [0.2, 0.25) is 0 Å². The molecule has 0 unspecified atom stereocenters. The van der Waals surface area contributed by atoms with Crippen molar-refractivity contribution in [3.63, 3.8) is 0 Å². The molecule has 0 saturated carbocycles. The van der Waals surface area contributed by atoms with Crippen molar-refractivity contribution in [2.45, 2.75) is 19.4 Å². The van der Waals surface area contributed by atoms with Crippen molar-refractivity contribution in [1.29, 1.82) is 0 Å². The van der Waals surface area contributed by atoms with Crippen LogP contribution in [0.4, 0.5) is 0 Å². The Morgan fingerprint density at radius 1 is 0.549 bits per heavy atom. The number of benzene rings is 6. The van der Waals surface area contributed by atoms with Crippen LogP contribution in [0.15, 0.2) is 158 Å². The quantitative estimate of drug-likeness (QED) is 0.182. The Hall–Kier alpha value is -6.10. The first kappa shape index (κ1) is 29.8. The topological polar surface area (TPSA) is 35.0 Å². The van der Waals surface area contributed by atoms with E-state index < -0.39 is 0 Å². The zero-order valence-corrected chi connectivity index (χ0v) is 28.7. The number of rotatable bonds is 5. The van der Waals surface area contributed by atoms with Crippen molar-refractivity contribution >= 4 is 37.1 Å². The molecule has 1 aliphatic heterocycles. The average Bonchev–Trinajstić information content (AvgIpc) is 3.60. The zero-order valence-electron chi connectivity index (χ0n) is 27.8. The minimum Gasteiger partial charge on any atom is -0.488 e. The molecule has 3 nitrogen and oxygen atoms in total. The van der Waals surface area contributed by atoms with Crippen LogP contribution in [0.25, 0.3) is 81.6 Å². The van der Waals surface area contributed by atoms with Crippen LogP contribution in [0.1, 0.15) is 24.2 Å². The highest BCUT2D eigenvalue weighted by atomic mass is 32.1. The summed E-state index contributed by atoms with van der Waals surface area (Å²) in [5.74, 6) is 1.69. The van der Waals surface area contributed by atoms with Gasteiger partial charge in [0.15, 0.2) is 5.82 Å². The Labute approximate surface area is 300 Å². The van der Waals surface area contributed by atoms with E-state index in [4.69, 9.17) is 14.7 Å². The standard InChI is InChI=1S/C47H32N2OS/c1-2-11-32(12-3-1)47-48-41(31-25-23-30(24-26-31)36-18-10-21-43-45(36)37-16-5-4-13-35(37)29-50-43)28-42(49-47)34-15-8-14-33(27-34)38-19-9-20-40-39-17-6-7-22-44(39)51-46(38)40/h2,4-28H,1,3,29H2. The monoisotopic (exact) mass is 672 g/mol. The minimum atomic E-state index is 0.596. The van der Waals surface area contributed by atoms with E-state index in [0.29, 0.717) is 6.61 Å². The van der Waals surface area contributed by atoms with Crippen molar-refractivity contribution in [3.8, 4) is 61.6 Å². The molecule has 8 aromatic rings. The Kier molecular flexibility index (Phi) is 7.21. The van der Waals surface area contributed by atoms with E-state index in [-0.39, 0.29) is 0 Å². The van der Waals surface area contributed by atoms with Crippen LogP contribution < -0.4 is 4.74 Å². The number of hydrogen-bond acceptors (Lipinski definition) is 4. The molecule has 3 heterocycles. The summed E-state index contributed by atoms with van der Waals surface area (Å²) in [5, 5.41) is 2.61. The molecule has 0 N–H and O–H groups in total. The number of nitrogens with zero attached hydrogens (tertiary/aromatic N) is 2. The molecule has 0 saturated heterocycles. The van der Waals surface area contributed by atoms with Gasteiger partial charge in [0.2, 0.25) is 0 Å². The fourth-order valence-corrected chi connectivity index (χ4v) is 8.75. The second kappa shape index (κ2) is 12.3. The van der Waals surface area contributed by atoms with E-state index in [0.717, 1.165) is 63.6 Å². The number of hydrogen-bond donors (Lipinski definition) is 0. The average molecular weight is 673 g/mol. The number of fused-ring (bicyclic) bond motifs is 6. The number of aromatic nitrogens is 2. The summed E-state index contributed by atoms with van der Waals surface area (Å²) in [6.07, 6.45) is 8.66. The van der Waals surface area contributed by atoms with Crippen LogP contribution in [-0.4, -0.2) is 9.97 Å². The van der Waals surface area contributed by atoms with Gasteiger partial charge in [0.25, 0.3) is 0 Å². The summed E-state index contributed by atoms with van der Waals surface area (Å²) < 4.78 is 8.80. The normalized spacial score (nSPS) is 13.5. The second-order valence-electron chi connectivity index (χ2n) is 13.2. The number of allylic oxidation sites excluding steroid dienone is 4. The molecule has 2 aliphatic rings. The molecule has 1 aliphatic carbocycles. The predicted molar refractivity (Wildman–Crippen MR) is 213 cm³/mol. The van der Waals surface area contributed by atoms with Crippen LogP contribution in [0.3, 0.4) is 0 Å². The van der Waals surface area contributed by atoms with E-state index in [2.05, 4.69) is 158 Å². The van der Waals surface area contributed by atoms with Gasteiger partial charge in [-0.25, -0.2) is 9.97 Å². The first-order valence-corrected chi connectivity index (χ1v) is 18.3. The van der Waals surface area contributed by atoms with E-state index >= 15 is 0 Å². The molecule has 0 bridgehead atoms. The highest BCUT2D eigenvalue weighted by Gasteiger charge is 2.21. The lowest BCUT2D eigenvalue weighted by atomic mass is 9.89. The van der Waals surface area contributed by atoms with Gasteiger partial charge in [0, 0.05) is 42.4 Å². The molecule has 51 heavy (non-hydrogen) atoms. The second-order valence-corrected chi connectivity index (χ2v) is 14.2. The van der Waals surface area contributed by atoms with Crippen molar-refractivity contribution in [3.05, 3.63) is 169 Å². The molecule has 0 radical (unpaired) electrons. The number of ether oxygens (including phenoxy) is 1. The van der Waals surface area contributed by atoms with E-state index in [1.165, 1.54) is 48.0 Å². The first-order chi connectivity index (χ1) is 25.3. The summed E-state index contributed by atoms with van der Waals surface area (Å²) >= 11 is 1.86. The largest absolute Gasteiger partial charge is 0.488 e. The zero-order chi connectivity index (χ0) is 33.7. The van der Waals surface area contributed by atoms with Crippen molar-refractivity contribution in [2.24, 2.45) is 0 Å². The van der Waals surface area contributed by atoms with Gasteiger partial charge in [-0.05, 0) is 70.5 Å². The predicted octanol–water partition coefficient (Wildman–Crippen LogP) is 12.8. The molecular weight excluding hydrogens is 641 g/mol. The lowest BCUT2D eigenvalue weighted by molar-refractivity contribution is 0.302. The molecule has 0 spiro atoms. The van der Waals surface area contributed by atoms with Gasteiger partial charge in [-0.2, -0.15) is 0 Å². The van der Waals surface area contributed by atoms with Crippen molar-refractivity contribution in [1.82, 2.24) is 9.97 Å². The van der Waals surface area contributed by atoms with E-state index in [9.17, 15) is 0 Å². The van der Waals surface area contributed by atoms with Crippen LogP contribution in [0, 0.1) is 0 Å². The summed E-state index contributed by atoms with van der Waals surface area (Å²) in [6, 6.07) is 49.9. The van der Waals surface area contributed by atoms with E-state index in [1.54, 1.807) is 0 Å². The maximum Gasteiger partial charge on any atom is 0.160 e. The Morgan fingerprint density at radius 2 is 1.27 bits per heavy atom. The molecule has 10 rings (SSSR count). The molecular formula is C47H32N2OS. The molecule has 4 heteroatoms. The van der Waals surface area contributed by atoms with E-state index in [1.807, 2.05) is 11.3 Å². The molecule has 2 aromatic heterocycles. The maximum atomic E-state index is 6.18. The van der Waals surface area contributed by atoms with Gasteiger partial charge in [-0.3, -0.25) is 0 Å². The Balaban J connectivity index is 1.07. The SMILES string of the molecule is C1=CC(c2nc(-c3ccc(-c4cccc5c4-c4ccccc4CO5)cc3)cc(-c3cccc(-c4cccc5c4sc4ccccc45)c3)n2)=CCC1. The molecule has 0 fully saturated rings. The van der Waals surface area contributed by atoms with Gasteiger partial charge < -0.3 is 4.74 Å². The molecule has 0 amide bonds. The maximum absolute atomic E-state index is 6.18. The van der Waals surface area contributed by atoms with Gasteiger partial charge >= 0.3 is 0 Å². The van der Waals surface area contributed by atoms with Crippen molar-refractivity contribution < 1.29 is 4.74 Å². The Morgan fingerprint density at radius 3 is 2.18 bits per heavy atom. The third-order valence-electron chi connectivity index (χ3n) is 10.0. The highest BCUT2D eigenvalue weighted by Crippen LogP contribution is 2.45. The summed E-state index contributed by atoms with van der Waals surface area (Å²) in [4.78, 5) is 10.3. The lowest BCUT2D eigenvalue weighted by Gasteiger charge is -2.23. The van der Waals surface area contributed by atoms with Crippen LogP contribution in [-0.2, 0) is 6.61 Å². The highest BCUT2D eigenvalue weighted by molar-refractivity contribution is 7.26.